The number of hydrogen-bond donors (Lipinski definition) is 1. The molecule has 1 aliphatic heterocycles. The molecule has 2 atom stereocenters. The van der Waals surface area contributed by atoms with Gasteiger partial charge in [0.2, 0.25) is 0 Å². The van der Waals surface area contributed by atoms with Crippen LogP contribution in [0.5, 0.6) is 0 Å². The third-order valence-electron chi connectivity index (χ3n) is 3.41. The van der Waals surface area contributed by atoms with Crippen LogP contribution in [0.3, 0.4) is 0 Å². The minimum absolute atomic E-state index is 0.167. The van der Waals surface area contributed by atoms with Crippen LogP contribution in [0.1, 0.15) is 38.7 Å². The highest BCUT2D eigenvalue weighted by molar-refractivity contribution is 5.60. The second-order valence-electron chi connectivity index (χ2n) is 6.46. The van der Waals surface area contributed by atoms with Gasteiger partial charge in [-0.15, -0.1) is 5.06 Å². The smallest absolute Gasteiger partial charge is 0.427 e. The SMILES string of the molecule is CC(C)(C)OC(=O)ON1CCC(c2cccc(F)c2)C(O)C1. The Morgan fingerprint density at radius 3 is 2.73 bits per heavy atom. The van der Waals surface area contributed by atoms with Crippen LogP contribution >= 0.6 is 0 Å². The molecule has 22 heavy (non-hydrogen) atoms. The molecular formula is C16H22FNO4. The van der Waals surface area contributed by atoms with E-state index in [1.54, 1.807) is 32.9 Å². The zero-order chi connectivity index (χ0) is 16.3. The number of carbonyl (C=O) groups is 1. The fourth-order valence-electron chi connectivity index (χ4n) is 2.49. The molecule has 0 aliphatic carbocycles. The van der Waals surface area contributed by atoms with Crippen molar-refractivity contribution in [3.63, 3.8) is 0 Å². The van der Waals surface area contributed by atoms with Gasteiger partial charge in [-0.1, -0.05) is 12.1 Å². The van der Waals surface area contributed by atoms with Gasteiger partial charge < -0.3 is 14.7 Å². The van der Waals surface area contributed by atoms with Crippen LogP contribution in [0.4, 0.5) is 9.18 Å². The topological polar surface area (TPSA) is 59.0 Å². The Kier molecular flexibility index (Phi) is 5.03. The minimum Gasteiger partial charge on any atom is -0.427 e. The summed E-state index contributed by atoms with van der Waals surface area (Å²) in [4.78, 5) is 16.7. The summed E-state index contributed by atoms with van der Waals surface area (Å²) < 4.78 is 18.3. The molecule has 0 amide bonds. The number of hydroxylamine groups is 2. The van der Waals surface area contributed by atoms with Gasteiger partial charge in [0.1, 0.15) is 11.4 Å². The number of nitrogens with zero attached hydrogens (tertiary/aromatic N) is 1. The molecule has 6 heteroatoms. The van der Waals surface area contributed by atoms with Gasteiger partial charge in [-0.05, 0) is 44.9 Å². The molecule has 1 saturated heterocycles. The molecule has 0 spiro atoms. The molecule has 5 nitrogen and oxygen atoms in total. The molecule has 1 aliphatic rings. The van der Waals surface area contributed by atoms with Crippen molar-refractivity contribution in [3.8, 4) is 0 Å². The lowest BCUT2D eigenvalue weighted by Crippen LogP contribution is -2.44. The number of benzene rings is 1. The lowest BCUT2D eigenvalue weighted by Gasteiger charge is -2.34. The van der Waals surface area contributed by atoms with Crippen LogP contribution in [-0.2, 0) is 9.57 Å². The summed E-state index contributed by atoms with van der Waals surface area (Å²) in [5, 5.41) is 11.6. The van der Waals surface area contributed by atoms with Gasteiger partial charge in [0, 0.05) is 12.5 Å². The van der Waals surface area contributed by atoms with Crippen molar-refractivity contribution in [2.75, 3.05) is 13.1 Å². The normalized spacial score (nSPS) is 23.1. The second kappa shape index (κ2) is 6.62. The lowest BCUT2D eigenvalue weighted by atomic mass is 9.88. The summed E-state index contributed by atoms with van der Waals surface area (Å²) in [6, 6.07) is 6.22. The highest BCUT2D eigenvalue weighted by Crippen LogP contribution is 2.29. The Hall–Kier alpha value is -1.66. The van der Waals surface area contributed by atoms with E-state index < -0.39 is 17.9 Å². The highest BCUT2D eigenvalue weighted by Gasteiger charge is 2.32. The fraction of sp³-hybridized carbons (Fsp3) is 0.562. The van der Waals surface area contributed by atoms with Gasteiger partial charge >= 0.3 is 6.16 Å². The maximum atomic E-state index is 13.3. The molecule has 0 bridgehead atoms. The third-order valence-corrected chi connectivity index (χ3v) is 3.41. The van der Waals surface area contributed by atoms with Gasteiger partial charge in [0.25, 0.3) is 0 Å². The van der Waals surface area contributed by atoms with Crippen molar-refractivity contribution in [1.29, 1.82) is 0 Å². The standard InChI is InChI=1S/C16H22FNO4/c1-16(2,3)21-15(20)22-18-8-7-13(14(19)10-18)11-5-4-6-12(17)9-11/h4-6,9,13-14,19H,7-8,10H2,1-3H3. The van der Waals surface area contributed by atoms with Crippen molar-refractivity contribution < 1.29 is 23.9 Å². The largest absolute Gasteiger partial charge is 0.528 e. The zero-order valence-corrected chi connectivity index (χ0v) is 13.1. The van der Waals surface area contributed by atoms with Crippen LogP contribution in [0.25, 0.3) is 0 Å². The molecule has 1 heterocycles. The van der Waals surface area contributed by atoms with E-state index >= 15 is 0 Å². The zero-order valence-electron chi connectivity index (χ0n) is 13.1. The number of β-amino-alcohol motifs (C(OH)–C–C–N with tert-alkyl or cyclic N) is 1. The molecule has 2 unspecified atom stereocenters. The van der Waals surface area contributed by atoms with E-state index in [4.69, 9.17) is 9.57 Å². The molecule has 1 aromatic carbocycles. The maximum Gasteiger partial charge on any atom is 0.528 e. The summed E-state index contributed by atoms with van der Waals surface area (Å²) in [5.41, 5.74) is 0.125. The third kappa shape index (κ3) is 4.68. The molecule has 1 fully saturated rings. The van der Waals surface area contributed by atoms with Crippen molar-refractivity contribution in [1.82, 2.24) is 5.06 Å². The first-order valence-corrected chi connectivity index (χ1v) is 7.34. The Morgan fingerprint density at radius 2 is 2.14 bits per heavy atom. The molecule has 0 aromatic heterocycles. The molecular weight excluding hydrogens is 289 g/mol. The van der Waals surface area contributed by atoms with E-state index in [0.29, 0.717) is 13.0 Å². The van der Waals surface area contributed by atoms with E-state index in [1.165, 1.54) is 17.2 Å². The van der Waals surface area contributed by atoms with E-state index in [-0.39, 0.29) is 18.3 Å². The Morgan fingerprint density at radius 1 is 1.41 bits per heavy atom. The molecule has 1 N–H and O–H groups in total. The lowest BCUT2D eigenvalue weighted by molar-refractivity contribution is -0.170. The van der Waals surface area contributed by atoms with Crippen LogP contribution in [0.15, 0.2) is 24.3 Å². The fourth-order valence-corrected chi connectivity index (χ4v) is 2.49. The highest BCUT2D eigenvalue weighted by atomic mass is 19.1. The monoisotopic (exact) mass is 311 g/mol. The number of rotatable bonds is 2. The average Bonchev–Trinajstić information content (AvgIpc) is 2.36. The van der Waals surface area contributed by atoms with Crippen LogP contribution in [0, 0.1) is 5.82 Å². The second-order valence-corrected chi connectivity index (χ2v) is 6.46. The Balaban J connectivity index is 1.91. The number of carbonyl (C=O) groups excluding carboxylic acids is 1. The molecule has 0 radical (unpaired) electrons. The molecule has 2 rings (SSSR count). The quantitative estimate of drug-likeness (QED) is 0.851. The first kappa shape index (κ1) is 16.7. The van der Waals surface area contributed by atoms with E-state index in [0.717, 1.165) is 5.56 Å². The number of hydrogen-bond acceptors (Lipinski definition) is 5. The summed E-state index contributed by atoms with van der Waals surface area (Å²) >= 11 is 0. The number of halogens is 1. The summed E-state index contributed by atoms with van der Waals surface area (Å²) in [6.07, 6.45) is -0.963. The van der Waals surface area contributed by atoms with E-state index in [9.17, 15) is 14.3 Å². The Bertz CT molecular complexity index is 529. The van der Waals surface area contributed by atoms with Crippen molar-refractivity contribution in [2.24, 2.45) is 0 Å². The molecule has 1 aromatic rings. The number of ether oxygens (including phenoxy) is 1. The minimum atomic E-state index is -0.788. The van der Waals surface area contributed by atoms with Gasteiger partial charge in [-0.3, -0.25) is 0 Å². The number of piperidine rings is 1. The predicted octanol–water partition coefficient (Wildman–Crippen LogP) is 2.84. The summed E-state index contributed by atoms with van der Waals surface area (Å²) in [7, 11) is 0. The van der Waals surface area contributed by atoms with Crippen molar-refractivity contribution in [2.45, 2.75) is 44.8 Å². The summed E-state index contributed by atoms with van der Waals surface area (Å²) in [5.74, 6) is -0.494. The van der Waals surface area contributed by atoms with Crippen LogP contribution in [0.2, 0.25) is 0 Å². The first-order chi connectivity index (χ1) is 10.2. The van der Waals surface area contributed by atoms with Crippen LogP contribution < -0.4 is 0 Å². The first-order valence-electron chi connectivity index (χ1n) is 7.34. The van der Waals surface area contributed by atoms with Gasteiger partial charge in [-0.25, -0.2) is 9.18 Å². The maximum absolute atomic E-state index is 13.3. The molecule has 122 valence electrons. The Labute approximate surface area is 129 Å². The van der Waals surface area contributed by atoms with Gasteiger partial charge in [0.05, 0.1) is 12.6 Å². The van der Waals surface area contributed by atoms with E-state index in [2.05, 4.69) is 0 Å². The average molecular weight is 311 g/mol. The van der Waals surface area contributed by atoms with Gasteiger partial charge in [0.15, 0.2) is 0 Å². The van der Waals surface area contributed by atoms with Crippen molar-refractivity contribution in [3.05, 3.63) is 35.6 Å². The van der Waals surface area contributed by atoms with E-state index in [1.807, 2.05) is 0 Å². The summed E-state index contributed by atoms with van der Waals surface area (Å²) in [6.45, 7) is 5.87. The predicted molar refractivity (Wildman–Crippen MR) is 78.7 cm³/mol. The number of aliphatic hydroxyl groups excluding tert-OH is 1. The van der Waals surface area contributed by atoms with Crippen LogP contribution in [-0.4, -0.2) is 41.1 Å². The number of aliphatic hydroxyl groups is 1. The molecule has 0 saturated carbocycles. The van der Waals surface area contributed by atoms with Crippen molar-refractivity contribution >= 4 is 6.16 Å². The van der Waals surface area contributed by atoms with Gasteiger partial charge in [-0.2, -0.15) is 0 Å².